The average molecular weight is 340 g/mol. The van der Waals surface area contributed by atoms with Gasteiger partial charge in [0.2, 0.25) is 0 Å². The summed E-state index contributed by atoms with van der Waals surface area (Å²) in [5, 5.41) is 2.68. The third-order valence-corrected chi connectivity index (χ3v) is 2.01. The van der Waals surface area contributed by atoms with Gasteiger partial charge in [0.1, 0.15) is 0 Å². The Balaban J connectivity index is 0.000000397. The monoisotopic (exact) mass is 340 g/mol. The molecule has 2 aromatic carbocycles. The molecule has 0 radical (unpaired) electrons. The lowest BCUT2D eigenvalue weighted by Gasteiger charge is -1.98. The van der Waals surface area contributed by atoms with E-state index in [9.17, 15) is 13.2 Å². The second kappa shape index (κ2) is 7.49. The highest BCUT2D eigenvalue weighted by Gasteiger charge is 1.92. The Kier molecular flexibility index (Phi) is 7.12. The van der Waals surface area contributed by atoms with Gasteiger partial charge in [-0.05, 0) is 23.3 Å². The van der Waals surface area contributed by atoms with Crippen molar-refractivity contribution in [3.63, 3.8) is 0 Å². The molecule has 0 fully saturated rings. The average Bonchev–Trinajstić information content (AvgIpc) is 2.18. The quantitative estimate of drug-likeness (QED) is 0.596. The van der Waals surface area contributed by atoms with E-state index in [1.807, 2.05) is 0 Å². The fraction of sp³-hybridized carbons (Fsp3) is 0.167. The van der Waals surface area contributed by atoms with Crippen LogP contribution in [-0.4, -0.2) is 6.68 Å². The van der Waals surface area contributed by atoms with Gasteiger partial charge in [-0.15, -0.1) is 24.0 Å². The number of hydrogen-bond donors (Lipinski definition) is 0. The highest BCUT2D eigenvalue weighted by molar-refractivity contribution is 14.0. The van der Waals surface area contributed by atoms with Crippen molar-refractivity contribution in [2.24, 2.45) is 0 Å². The summed E-state index contributed by atoms with van der Waals surface area (Å²) in [6.07, 6.45) is 0. The van der Waals surface area contributed by atoms with Gasteiger partial charge in [0.05, 0.1) is 0 Å². The first-order valence-electron chi connectivity index (χ1n) is 4.48. The van der Waals surface area contributed by atoms with Crippen LogP contribution in [0.5, 0.6) is 0 Å². The molecular formula is C12H12F3I. The Morgan fingerprint density at radius 2 is 1.38 bits per heavy atom. The van der Waals surface area contributed by atoms with Crippen LogP contribution in [0.3, 0.4) is 0 Å². The van der Waals surface area contributed by atoms with Crippen LogP contribution in [0, 0.1) is 6.92 Å². The topological polar surface area (TPSA) is 0 Å². The number of hydrogen-bond acceptors (Lipinski definition) is 0. The van der Waals surface area contributed by atoms with Crippen LogP contribution in [0.4, 0.5) is 13.2 Å². The molecular weight excluding hydrogens is 328 g/mol. The predicted octanol–water partition coefficient (Wildman–Crippen LogP) is 4.94. The summed E-state index contributed by atoms with van der Waals surface area (Å²) in [6.45, 7) is -1.53. The molecule has 0 unspecified atom stereocenters. The summed E-state index contributed by atoms with van der Waals surface area (Å²) >= 11 is 0. The molecule has 16 heavy (non-hydrogen) atoms. The maximum atomic E-state index is 9.67. The smallest absolute Gasteiger partial charge is 0.174 e. The van der Waals surface area contributed by atoms with Gasteiger partial charge in [0, 0.05) is 0 Å². The van der Waals surface area contributed by atoms with Gasteiger partial charge in [-0.2, -0.15) is 13.2 Å². The molecule has 0 aliphatic rings. The first-order chi connectivity index (χ1) is 7.11. The van der Waals surface area contributed by atoms with Crippen molar-refractivity contribution < 1.29 is 13.2 Å². The Morgan fingerprint density at radius 1 is 0.875 bits per heavy atom. The molecule has 0 aliphatic carbocycles. The first kappa shape index (κ1) is 15.2. The first-order valence-corrected chi connectivity index (χ1v) is 4.48. The number of halogens is 4. The molecule has 0 saturated carbocycles. The van der Waals surface area contributed by atoms with Crippen LogP contribution >= 0.6 is 24.0 Å². The van der Waals surface area contributed by atoms with Gasteiger partial charge in [-0.3, -0.25) is 0 Å². The minimum Gasteiger partial charge on any atom is -0.174 e. The zero-order valence-corrected chi connectivity index (χ0v) is 11.0. The van der Waals surface area contributed by atoms with Crippen LogP contribution in [0.2, 0.25) is 0 Å². The normalized spacial score (nSPS) is 9.31. The zero-order chi connectivity index (χ0) is 11.3. The lowest BCUT2D eigenvalue weighted by molar-refractivity contribution is 0.00819. The van der Waals surface area contributed by atoms with Crippen molar-refractivity contribution in [1.29, 1.82) is 0 Å². The number of fused-ring (bicyclic) bond motifs is 1. The van der Waals surface area contributed by atoms with Crippen molar-refractivity contribution in [2.45, 2.75) is 13.6 Å². The van der Waals surface area contributed by atoms with E-state index in [-0.39, 0.29) is 24.0 Å². The Hall–Kier alpha value is -0.780. The van der Waals surface area contributed by atoms with E-state index in [4.69, 9.17) is 0 Å². The van der Waals surface area contributed by atoms with E-state index >= 15 is 0 Å². The molecule has 0 saturated heterocycles. The summed E-state index contributed by atoms with van der Waals surface area (Å²) in [6, 6.07) is 14.8. The highest BCUT2D eigenvalue weighted by atomic mass is 127. The van der Waals surface area contributed by atoms with Crippen molar-refractivity contribution in [3.8, 4) is 0 Å². The molecule has 2 rings (SSSR count). The number of aryl methyl sites for hydroxylation is 1. The summed E-state index contributed by atoms with van der Waals surface area (Å²) < 4.78 is 29.0. The highest BCUT2D eigenvalue weighted by Crippen LogP contribution is 2.16. The largest absolute Gasteiger partial charge is 0.379 e. The second-order valence-corrected chi connectivity index (χ2v) is 3.04. The van der Waals surface area contributed by atoms with Gasteiger partial charge in [-0.1, -0.05) is 42.5 Å². The van der Waals surface area contributed by atoms with Crippen molar-refractivity contribution in [3.05, 3.63) is 48.0 Å². The van der Waals surface area contributed by atoms with Gasteiger partial charge >= 0.3 is 6.68 Å². The molecule has 2 aromatic rings. The van der Waals surface area contributed by atoms with Gasteiger partial charge in [0.25, 0.3) is 0 Å². The van der Waals surface area contributed by atoms with Crippen molar-refractivity contribution >= 4 is 34.7 Å². The Bertz CT molecular complexity index is 421. The number of benzene rings is 2. The molecule has 0 spiro atoms. The second-order valence-electron chi connectivity index (χ2n) is 3.04. The third kappa shape index (κ3) is 4.83. The maximum absolute atomic E-state index is 9.67. The van der Waals surface area contributed by atoms with Crippen LogP contribution in [-0.2, 0) is 0 Å². The summed E-state index contributed by atoms with van der Waals surface area (Å²) in [5.41, 5.74) is 1.35. The van der Waals surface area contributed by atoms with Crippen LogP contribution in [0.25, 0.3) is 10.8 Å². The third-order valence-electron chi connectivity index (χ3n) is 2.01. The molecule has 0 heterocycles. The molecule has 0 amide bonds. The van der Waals surface area contributed by atoms with E-state index in [0.29, 0.717) is 0 Å². The lowest BCUT2D eigenvalue weighted by atomic mass is 10.1. The standard InChI is InChI=1S/C11H10.CHF3.HI/c1-9-5-4-7-10-6-2-3-8-11(9)10;2-1(3)4;/h2-8H,1H3;1H;1H. The molecule has 0 bridgehead atoms. The van der Waals surface area contributed by atoms with Crippen LogP contribution < -0.4 is 0 Å². The summed E-state index contributed by atoms with van der Waals surface area (Å²) in [7, 11) is 0. The zero-order valence-electron chi connectivity index (χ0n) is 8.66. The fourth-order valence-corrected chi connectivity index (χ4v) is 1.39. The number of alkyl halides is 3. The Labute approximate surface area is 109 Å². The molecule has 0 aliphatic heterocycles. The molecule has 0 atom stereocenters. The predicted molar refractivity (Wildman–Crippen MR) is 71.2 cm³/mol. The maximum Gasteiger partial charge on any atom is 0.379 e. The van der Waals surface area contributed by atoms with Crippen LogP contribution in [0.15, 0.2) is 42.5 Å². The van der Waals surface area contributed by atoms with Gasteiger partial charge < -0.3 is 0 Å². The van der Waals surface area contributed by atoms with E-state index in [1.54, 1.807) is 0 Å². The minimum absolute atomic E-state index is 0. The minimum atomic E-state index is -3.67. The number of rotatable bonds is 0. The van der Waals surface area contributed by atoms with E-state index in [0.717, 1.165) is 0 Å². The van der Waals surface area contributed by atoms with E-state index in [1.165, 1.54) is 16.3 Å². The van der Waals surface area contributed by atoms with Crippen LogP contribution in [0.1, 0.15) is 5.56 Å². The molecule has 0 N–H and O–H groups in total. The SMILES string of the molecule is Cc1cccc2ccccc12.FC(F)F.I. The molecule has 0 nitrogen and oxygen atoms in total. The Morgan fingerprint density at radius 3 is 1.94 bits per heavy atom. The van der Waals surface area contributed by atoms with E-state index in [2.05, 4.69) is 49.4 Å². The fourth-order valence-electron chi connectivity index (χ4n) is 1.39. The van der Waals surface area contributed by atoms with Crippen molar-refractivity contribution in [1.82, 2.24) is 0 Å². The summed E-state index contributed by atoms with van der Waals surface area (Å²) in [5.74, 6) is 0. The molecule has 4 heteroatoms. The lowest BCUT2D eigenvalue weighted by Crippen LogP contribution is -1.75. The summed E-state index contributed by atoms with van der Waals surface area (Å²) in [4.78, 5) is 0. The molecule has 88 valence electrons. The van der Waals surface area contributed by atoms with Crippen molar-refractivity contribution in [2.75, 3.05) is 0 Å². The van der Waals surface area contributed by atoms with Gasteiger partial charge in [0.15, 0.2) is 0 Å². The van der Waals surface area contributed by atoms with Gasteiger partial charge in [-0.25, -0.2) is 0 Å². The molecule has 0 aromatic heterocycles. The van der Waals surface area contributed by atoms with E-state index < -0.39 is 6.68 Å².